The minimum Gasteiger partial charge on any atom is -0.495 e. The molecule has 1 fully saturated rings. The van der Waals surface area contributed by atoms with Gasteiger partial charge in [-0.2, -0.15) is 0 Å². The quantitative estimate of drug-likeness (QED) is 0.801. The number of nitrogens with one attached hydrogen (secondary N) is 1. The van der Waals surface area contributed by atoms with Crippen molar-refractivity contribution in [3.8, 4) is 5.75 Å². The van der Waals surface area contributed by atoms with Gasteiger partial charge in [0, 0.05) is 23.4 Å². The smallest absolute Gasteiger partial charge is 0.253 e. The summed E-state index contributed by atoms with van der Waals surface area (Å²) in [6.45, 7) is 0.637. The molecule has 0 saturated carbocycles. The first-order valence-corrected chi connectivity index (χ1v) is 7.68. The fourth-order valence-electron chi connectivity index (χ4n) is 3.02. The highest BCUT2D eigenvalue weighted by Crippen LogP contribution is 2.36. The highest BCUT2D eigenvalue weighted by Gasteiger charge is 2.24. The lowest BCUT2D eigenvalue weighted by molar-refractivity contribution is -0.124. The summed E-state index contributed by atoms with van der Waals surface area (Å²) in [4.78, 5) is 12.3. The monoisotopic (exact) mass is 311 g/mol. The molecule has 1 unspecified atom stereocenters. The SMILES string of the molecule is COc1cc2c(cc1NC(=O)C1CCCO1)oc1ccccc12. The molecule has 1 saturated heterocycles. The Hall–Kier alpha value is -2.53. The van der Waals surface area contributed by atoms with E-state index in [4.69, 9.17) is 13.9 Å². The molecule has 1 aromatic heterocycles. The molecule has 4 rings (SSSR count). The van der Waals surface area contributed by atoms with Gasteiger partial charge in [0.1, 0.15) is 23.0 Å². The Kier molecular flexibility index (Phi) is 3.42. The van der Waals surface area contributed by atoms with E-state index in [1.807, 2.05) is 30.3 Å². The maximum absolute atomic E-state index is 12.3. The number of furan rings is 1. The van der Waals surface area contributed by atoms with Crippen molar-refractivity contribution in [2.75, 3.05) is 19.0 Å². The first-order chi connectivity index (χ1) is 11.3. The molecule has 1 aliphatic rings. The van der Waals surface area contributed by atoms with Gasteiger partial charge < -0.3 is 19.2 Å². The number of benzene rings is 2. The number of methoxy groups -OCH3 is 1. The molecule has 1 N–H and O–H groups in total. The van der Waals surface area contributed by atoms with E-state index in [0.29, 0.717) is 18.0 Å². The second-order valence-electron chi connectivity index (χ2n) is 5.64. The third kappa shape index (κ3) is 2.43. The van der Waals surface area contributed by atoms with Crippen LogP contribution in [-0.4, -0.2) is 25.7 Å². The number of anilines is 1. The maximum atomic E-state index is 12.3. The van der Waals surface area contributed by atoms with E-state index in [1.165, 1.54) is 0 Å². The lowest BCUT2D eigenvalue weighted by atomic mass is 10.1. The van der Waals surface area contributed by atoms with Crippen LogP contribution in [0.2, 0.25) is 0 Å². The Balaban J connectivity index is 1.76. The minimum atomic E-state index is -0.383. The van der Waals surface area contributed by atoms with Gasteiger partial charge in [0.05, 0.1) is 12.8 Å². The number of carbonyl (C=O) groups is 1. The number of hydrogen-bond acceptors (Lipinski definition) is 4. The maximum Gasteiger partial charge on any atom is 0.253 e. The second kappa shape index (κ2) is 5.59. The predicted molar refractivity (Wildman–Crippen MR) is 87.9 cm³/mol. The molecule has 0 aliphatic carbocycles. The Bertz CT molecular complexity index is 877. The first-order valence-electron chi connectivity index (χ1n) is 7.68. The molecule has 0 radical (unpaired) electrons. The van der Waals surface area contributed by atoms with Crippen molar-refractivity contribution in [3.63, 3.8) is 0 Å². The van der Waals surface area contributed by atoms with E-state index in [2.05, 4.69) is 5.32 Å². The summed E-state index contributed by atoms with van der Waals surface area (Å²) in [7, 11) is 1.59. The van der Waals surface area contributed by atoms with Crippen molar-refractivity contribution >= 4 is 33.5 Å². The molecule has 5 nitrogen and oxygen atoms in total. The van der Waals surface area contributed by atoms with Crippen molar-refractivity contribution < 1.29 is 18.7 Å². The summed E-state index contributed by atoms with van der Waals surface area (Å²) in [5, 5.41) is 4.88. The third-order valence-corrected chi connectivity index (χ3v) is 4.18. The number of carbonyl (C=O) groups excluding carboxylic acids is 1. The number of para-hydroxylation sites is 1. The van der Waals surface area contributed by atoms with Crippen molar-refractivity contribution in [1.29, 1.82) is 0 Å². The zero-order valence-corrected chi connectivity index (χ0v) is 12.8. The number of ether oxygens (including phenoxy) is 2. The second-order valence-corrected chi connectivity index (χ2v) is 5.64. The van der Waals surface area contributed by atoms with Gasteiger partial charge in [-0.3, -0.25) is 4.79 Å². The predicted octanol–water partition coefficient (Wildman–Crippen LogP) is 3.71. The van der Waals surface area contributed by atoms with E-state index < -0.39 is 0 Å². The van der Waals surface area contributed by atoms with Gasteiger partial charge in [-0.05, 0) is 25.0 Å². The molecule has 0 spiro atoms. The van der Waals surface area contributed by atoms with Crippen LogP contribution in [0.15, 0.2) is 40.8 Å². The normalized spacial score (nSPS) is 17.7. The van der Waals surface area contributed by atoms with Crippen LogP contribution >= 0.6 is 0 Å². The largest absolute Gasteiger partial charge is 0.495 e. The lowest BCUT2D eigenvalue weighted by Gasteiger charge is -2.13. The third-order valence-electron chi connectivity index (χ3n) is 4.18. The topological polar surface area (TPSA) is 60.7 Å². The van der Waals surface area contributed by atoms with Crippen LogP contribution in [0.4, 0.5) is 5.69 Å². The molecule has 3 aromatic rings. The highest BCUT2D eigenvalue weighted by atomic mass is 16.5. The Morgan fingerprint density at radius 2 is 2.09 bits per heavy atom. The molecular weight excluding hydrogens is 294 g/mol. The van der Waals surface area contributed by atoms with Gasteiger partial charge in [-0.25, -0.2) is 0 Å². The summed E-state index contributed by atoms with van der Waals surface area (Å²) in [5.41, 5.74) is 2.13. The number of hydrogen-bond donors (Lipinski definition) is 1. The molecule has 1 aliphatic heterocycles. The molecule has 23 heavy (non-hydrogen) atoms. The molecule has 1 amide bonds. The van der Waals surface area contributed by atoms with Gasteiger partial charge in [0.15, 0.2) is 0 Å². The molecule has 2 heterocycles. The van der Waals surface area contributed by atoms with Gasteiger partial charge in [-0.1, -0.05) is 18.2 Å². The van der Waals surface area contributed by atoms with Gasteiger partial charge >= 0.3 is 0 Å². The van der Waals surface area contributed by atoms with E-state index in [9.17, 15) is 4.79 Å². The first kappa shape index (κ1) is 14.1. The summed E-state index contributed by atoms with van der Waals surface area (Å²) >= 11 is 0. The lowest BCUT2D eigenvalue weighted by Crippen LogP contribution is -2.27. The van der Waals surface area contributed by atoms with Crippen molar-refractivity contribution in [1.82, 2.24) is 0 Å². The van der Waals surface area contributed by atoms with Crippen molar-refractivity contribution in [3.05, 3.63) is 36.4 Å². The van der Waals surface area contributed by atoms with E-state index in [1.54, 1.807) is 13.2 Å². The van der Waals surface area contributed by atoms with Crippen molar-refractivity contribution in [2.45, 2.75) is 18.9 Å². The van der Waals surface area contributed by atoms with E-state index >= 15 is 0 Å². The van der Waals surface area contributed by atoms with Crippen LogP contribution in [0.25, 0.3) is 21.9 Å². The van der Waals surface area contributed by atoms with Crippen LogP contribution < -0.4 is 10.1 Å². The van der Waals surface area contributed by atoms with E-state index in [0.717, 1.165) is 34.8 Å². The summed E-state index contributed by atoms with van der Waals surface area (Å²) in [6, 6.07) is 11.5. The fourth-order valence-corrected chi connectivity index (χ4v) is 3.02. The summed E-state index contributed by atoms with van der Waals surface area (Å²) in [6.07, 6.45) is 1.28. The van der Waals surface area contributed by atoms with Crippen LogP contribution in [0.5, 0.6) is 5.75 Å². The molecule has 5 heteroatoms. The zero-order chi connectivity index (χ0) is 15.8. The number of amides is 1. The highest BCUT2D eigenvalue weighted by molar-refractivity contribution is 6.08. The number of rotatable bonds is 3. The molecule has 118 valence electrons. The number of fused-ring (bicyclic) bond motifs is 3. The van der Waals surface area contributed by atoms with Crippen molar-refractivity contribution in [2.24, 2.45) is 0 Å². The molecular formula is C18H17NO4. The Morgan fingerprint density at radius 1 is 1.22 bits per heavy atom. The molecule has 2 aromatic carbocycles. The van der Waals surface area contributed by atoms with Crippen LogP contribution in [0, 0.1) is 0 Å². The molecule has 1 atom stereocenters. The Labute approximate surface area is 133 Å². The standard InChI is InChI=1S/C18H17NO4/c1-21-17-9-12-11-5-2-3-6-14(11)23-16(12)10-13(17)19-18(20)15-7-4-8-22-15/h2-3,5-6,9-10,15H,4,7-8H2,1H3,(H,19,20). The zero-order valence-electron chi connectivity index (χ0n) is 12.8. The van der Waals surface area contributed by atoms with Gasteiger partial charge in [0.2, 0.25) is 0 Å². The summed E-state index contributed by atoms with van der Waals surface area (Å²) < 4.78 is 16.7. The Morgan fingerprint density at radius 3 is 2.87 bits per heavy atom. The van der Waals surface area contributed by atoms with Gasteiger partial charge in [0.25, 0.3) is 5.91 Å². The average Bonchev–Trinajstić information content (AvgIpc) is 3.21. The van der Waals surface area contributed by atoms with Crippen LogP contribution in [0.3, 0.4) is 0 Å². The fraction of sp³-hybridized carbons (Fsp3) is 0.278. The van der Waals surface area contributed by atoms with E-state index in [-0.39, 0.29) is 12.0 Å². The molecule has 0 bridgehead atoms. The van der Waals surface area contributed by atoms with Crippen LogP contribution in [-0.2, 0) is 9.53 Å². The summed E-state index contributed by atoms with van der Waals surface area (Å²) in [5.74, 6) is 0.465. The average molecular weight is 311 g/mol. The van der Waals surface area contributed by atoms with Gasteiger partial charge in [-0.15, -0.1) is 0 Å². The minimum absolute atomic E-state index is 0.142. The van der Waals surface area contributed by atoms with Crippen LogP contribution in [0.1, 0.15) is 12.8 Å².